The number of hydrogen-bond acceptors (Lipinski definition) is 4. The summed E-state index contributed by atoms with van der Waals surface area (Å²) in [7, 11) is -3.67. The minimum absolute atomic E-state index is 0.0969. The predicted octanol–water partition coefficient (Wildman–Crippen LogP) is 5.26. The van der Waals surface area contributed by atoms with E-state index >= 15 is 0 Å². The Morgan fingerprint density at radius 1 is 1.03 bits per heavy atom. The van der Waals surface area contributed by atoms with Gasteiger partial charge in [-0.3, -0.25) is 4.79 Å². The highest BCUT2D eigenvalue weighted by Crippen LogP contribution is 2.24. The zero-order chi connectivity index (χ0) is 25.9. The van der Waals surface area contributed by atoms with Crippen molar-refractivity contribution in [1.29, 1.82) is 0 Å². The van der Waals surface area contributed by atoms with Crippen molar-refractivity contribution >= 4 is 38.6 Å². The van der Waals surface area contributed by atoms with Gasteiger partial charge in [0.15, 0.2) is 0 Å². The molecule has 0 unspecified atom stereocenters. The summed E-state index contributed by atoms with van der Waals surface area (Å²) in [5.41, 5.74) is 3.05. The Bertz CT molecular complexity index is 1500. The van der Waals surface area contributed by atoms with Crippen LogP contribution in [0.15, 0.2) is 77.7 Å². The van der Waals surface area contributed by atoms with Gasteiger partial charge in [0.05, 0.1) is 22.0 Å². The molecule has 7 nitrogen and oxygen atoms in total. The molecule has 0 fully saturated rings. The molecule has 1 heterocycles. The molecule has 0 bridgehead atoms. The van der Waals surface area contributed by atoms with Crippen molar-refractivity contribution in [3.8, 4) is 0 Å². The molecule has 4 aromatic rings. The quantitative estimate of drug-likeness (QED) is 0.324. The summed E-state index contributed by atoms with van der Waals surface area (Å²) in [5, 5.41) is 3.64. The van der Waals surface area contributed by atoms with Crippen molar-refractivity contribution in [2.45, 2.75) is 38.3 Å². The fraction of sp³-hybridized carbons (Fsp3) is 0.259. The summed E-state index contributed by atoms with van der Waals surface area (Å²) >= 11 is 6.20. The number of carbonyl (C=O) groups excluding carboxylic acids is 1. The summed E-state index contributed by atoms with van der Waals surface area (Å²) in [6, 6.07) is 21.1. The first-order valence-corrected chi connectivity index (χ1v) is 13.7. The van der Waals surface area contributed by atoms with E-state index in [1.807, 2.05) is 55.5 Å². The molecular weight excluding hydrogens is 496 g/mol. The van der Waals surface area contributed by atoms with Crippen LogP contribution in [-0.4, -0.2) is 41.3 Å². The van der Waals surface area contributed by atoms with Crippen LogP contribution in [0.3, 0.4) is 0 Å². The van der Waals surface area contributed by atoms with E-state index in [4.69, 9.17) is 16.6 Å². The first kappa shape index (κ1) is 25.9. The molecule has 1 atom stereocenters. The van der Waals surface area contributed by atoms with Crippen molar-refractivity contribution in [1.82, 2.24) is 19.2 Å². The summed E-state index contributed by atoms with van der Waals surface area (Å²) in [4.78, 5) is 18.1. The molecule has 0 aliphatic heterocycles. The lowest BCUT2D eigenvalue weighted by molar-refractivity contribution is 0.0937. The van der Waals surface area contributed by atoms with Gasteiger partial charge in [0.25, 0.3) is 5.91 Å². The topological polar surface area (TPSA) is 84.3 Å². The van der Waals surface area contributed by atoms with Gasteiger partial charge in [-0.2, -0.15) is 4.31 Å². The van der Waals surface area contributed by atoms with Crippen LogP contribution >= 0.6 is 11.6 Å². The molecule has 1 aromatic heterocycles. The number of carbonyl (C=O) groups is 1. The molecule has 0 saturated carbocycles. The molecular formula is C27H29ClN4O3S. The van der Waals surface area contributed by atoms with Crippen molar-refractivity contribution in [2.24, 2.45) is 0 Å². The lowest BCUT2D eigenvalue weighted by atomic mass is 10.2. The number of halogens is 1. The number of aromatic nitrogens is 2. The Balaban J connectivity index is 1.63. The van der Waals surface area contributed by atoms with E-state index in [-0.39, 0.29) is 16.4 Å². The maximum atomic E-state index is 13.2. The van der Waals surface area contributed by atoms with E-state index in [0.29, 0.717) is 30.5 Å². The molecule has 0 aliphatic rings. The zero-order valence-electron chi connectivity index (χ0n) is 20.5. The molecule has 0 saturated heterocycles. The zero-order valence-corrected chi connectivity index (χ0v) is 22.1. The van der Waals surface area contributed by atoms with Gasteiger partial charge in [-0.05, 0) is 55.0 Å². The monoisotopic (exact) mass is 524 g/mol. The first-order chi connectivity index (χ1) is 17.2. The number of nitrogens with one attached hydrogen (secondary N) is 1. The fourth-order valence-electron chi connectivity index (χ4n) is 4.26. The number of sulfonamides is 1. The van der Waals surface area contributed by atoms with Crippen molar-refractivity contribution in [3.63, 3.8) is 0 Å². The van der Waals surface area contributed by atoms with Gasteiger partial charge in [-0.1, -0.05) is 55.8 Å². The van der Waals surface area contributed by atoms with Crippen LogP contribution in [0, 0.1) is 0 Å². The molecule has 0 spiro atoms. The highest BCUT2D eigenvalue weighted by Gasteiger charge is 2.24. The standard InChI is InChI=1S/C27H29ClN4O3S/c1-4-31(5-2)36(34,35)23-13-9-11-21(17-23)27(33)29-19(3)26-30-24-14-6-7-15-25(24)32(26)18-20-10-8-12-22(28)16-20/h6-17,19H,4-5,18H2,1-3H3,(H,29,33)/t19-/m1/s1. The van der Waals surface area contributed by atoms with Crippen LogP contribution in [0.1, 0.15) is 48.6 Å². The molecule has 1 amide bonds. The van der Waals surface area contributed by atoms with Gasteiger partial charge in [-0.15, -0.1) is 0 Å². The van der Waals surface area contributed by atoms with Crippen LogP contribution in [0.2, 0.25) is 5.02 Å². The number of para-hydroxylation sites is 2. The number of benzene rings is 3. The second kappa shape index (κ2) is 10.8. The Morgan fingerprint density at radius 3 is 2.47 bits per heavy atom. The van der Waals surface area contributed by atoms with E-state index in [2.05, 4.69) is 9.88 Å². The largest absolute Gasteiger partial charge is 0.342 e. The van der Waals surface area contributed by atoms with Crippen LogP contribution in [-0.2, 0) is 16.6 Å². The van der Waals surface area contributed by atoms with E-state index in [1.165, 1.54) is 16.4 Å². The number of amides is 1. The van der Waals surface area contributed by atoms with Crippen LogP contribution in [0.25, 0.3) is 11.0 Å². The van der Waals surface area contributed by atoms with E-state index < -0.39 is 16.1 Å². The summed E-state index contributed by atoms with van der Waals surface area (Å²) in [6.45, 7) is 6.69. The van der Waals surface area contributed by atoms with Crippen LogP contribution in [0.4, 0.5) is 0 Å². The van der Waals surface area contributed by atoms with Gasteiger partial charge in [0.1, 0.15) is 5.82 Å². The lowest BCUT2D eigenvalue weighted by Gasteiger charge is -2.19. The predicted molar refractivity (Wildman–Crippen MR) is 143 cm³/mol. The average Bonchev–Trinajstić information content (AvgIpc) is 3.23. The van der Waals surface area contributed by atoms with Crippen molar-refractivity contribution in [2.75, 3.05) is 13.1 Å². The highest BCUT2D eigenvalue weighted by atomic mass is 35.5. The molecule has 1 N–H and O–H groups in total. The number of hydrogen-bond donors (Lipinski definition) is 1. The Labute approximate surface area is 216 Å². The Morgan fingerprint density at radius 2 is 1.75 bits per heavy atom. The van der Waals surface area contributed by atoms with Gasteiger partial charge in [-0.25, -0.2) is 13.4 Å². The van der Waals surface area contributed by atoms with E-state index in [0.717, 1.165) is 16.6 Å². The average molecular weight is 525 g/mol. The minimum Gasteiger partial charge on any atom is -0.342 e. The van der Waals surface area contributed by atoms with Gasteiger partial charge in [0.2, 0.25) is 10.0 Å². The fourth-order valence-corrected chi connectivity index (χ4v) is 5.98. The summed E-state index contributed by atoms with van der Waals surface area (Å²) < 4.78 is 29.3. The van der Waals surface area contributed by atoms with E-state index in [1.54, 1.807) is 26.0 Å². The summed E-state index contributed by atoms with van der Waals surface area (Å²) in [6.07, 6.45) is 0. The van der Waals surface area contributed by atoms with E-state index in [9.17, 15) is 13.2 Å². The molecule has 0 aliphatic carbocycles. The highest BCUT2D eigenvalue weighted by molar-refractivity contribution is 7.89. The smallest absolute Gasteiger partial charge is 0.251 e. The number of rotatable bonds is 9. The summed E-state index contributed by atoms with van der Waals surface area (Å²) in [5.74, 6) is 0.317. The van der Waals surface area contributed by atoms with Crippen LogP contribution in [0.5, 0.6) is 0 Å². The molecule has 0 radical (unpaired) electrons. The Hall–Kier alpha value is -3.20. The Kier molecular flexibility index (Phi) is 7.78. The lowest BCUT2D eigenvalue weighted by Crippen LogP contribution is -2.31. The molecule has 36 heavy (non-hydrogen) atoms. The maximum Gasteiger partial charge on any atom is 0.251 e. The number of fused-ring (bicyclic) bond motifs is 1. The molecule has 4 rings (SSSR count). The third-order valence-corrected chi connectivity index (χ3v) is 8.37. The van der Waals surface area contributed by atoms with Gasteiger partial charge < -0.3 is 9.88 Å². The van der Waals surface area contributed by atoms with Crippen LogP contribution < -0.4 is 5.32 Å². The molecule has 3 aromatic carbocycles. The maximum absolute atomic E-state index is 13.2. The number of imidazole rings is 1. The number of nitrogens with zero attached hydrogens (tertiary/aromatic N) is 3. The second-order valence-corrected chi connectivity index (χ2v) is 10.9. The normalized spacial score (nSPS) is 12.7. The SMILES string of the molecule is CCN(CC)S(=O)(=O)c1cccc(C(=O)N[C@H](C)c2nc3ccccc3n2Cc2cccc(Cl)c2)c1. The third-order valence-electron chi connectivity index (χ3n) is 6.09. The second-order valence-electron chi connectivity index (χ2n) is 8.49. The minimum atomic E-state index is -3.67. The van der Waals surface area contributed by atoms with Gasteiger partial charge >= 0.3 is 0 Å². The van der Waals surface area contributed by atoms with Crippen molar-refractivity contribution in [3.05, 3.63) is 94.8 Å². The van der Waals surface area contributed by atoms with Gasteiger partial charge in [0, 0.05) is 30.2 Å². The molecule has 188 valence electrons. The first-order valence-electron chi connectivity index (χ1n) is 11.8. The molecule has 9 heteroatoms. The third kappa shape index (κ3) is 5.31. The van der Waals surface area contributed by atoms with Crippen molar-refractivity contribution < 1.29 is 13.2 Å².